The Bertz CT molecular complexity index is 593. The van der Waals surface area contributed by atoms with E-state index < -0.39 is 0 Å². The van der Waals surface area contributed by atoms with Crippen LogP contribution in [0, 0.1) is 0 Å². The zero-order chi connectivity index (χ0) is 13.7. The monoisotopic (exact) mass is 273 g/mol. The fourth-order valence-corrected chi connectivity index (χ4v) is 1.81. The first-order chi connectivity index (χ1) is 9.17. The lowest BCUT2D eigenvalue weighted by Gasteiger charge is -2.06. The van der Waals surface area contributed by atoms with Crippen molar-refractivity contribution in [2.24, 2.45) is 0 Å². The van der Waals surface area contributed by atoms with E-state index >= 15 is 0 Å². The molecule has 4 heteroatoms. The minimum absolute atomic E-state index is 0.134. The number of anilines is 1. The molecule has 0 saturated heterocycles. The van der Waals surface area contributed by atoms with Gasteiger partial charge in [0, 0.05) is 16.3 Å². The number of halogens is 1. The Hall–Kier alpha value is -2.13. The van der Waals surface area contributed by atoms with Gasteiger partial charge in [0.25, 0.3) is 0 Å². The highest BCUT2D eigenvalue weighted by Gasteiger charge is 2.04. The molecular formula is C15H12ClNO2. The van der Waals surface area contributed by atoms with Crippen LogP contribution in [0.2, 0.25) is 5.02 Å². The molecule has 1 amide bonds. The van der Waals surface area contributed by atoms with E-state index in [0.717, 1.165) is 11.8 Å². The van der Waals surface area contributed by atoms with Crippen LogP contribution in [0.4, 0.5) is 5.69 Å². The molecule has 1 N–H and O–H groups in total. The Morgan fingerprint density at radius 1 is 1.16 bits per heavy atom. The fraction of sp³-hybridized carbons (Fsp3) is 0.0667. The Labute approximate surface area is 116 Å². The van der Waals surface area contributed by atoms with Crippen molar-refractivity contribution in [1.82, 2.24) is 0 Å². The predicted octanol–water partition coefficient (Wildman–Crippen LogP) is 3.33. The third-order valence-electron chi connectivity index (χ3n) is 2.58. The smallest absolute Gasteiger partial charge is 0.228 e. The summed E-state index contributed by atoms with van der Waals surface area (Å²) in [5.41, 5.74) is 2.03. The molecule has 19 heavy (non-hydrogen) atoms. The number of benzene rings is 2. The minimum Gasteiger partial charge on any atom is -0.326 e. The highest BCUT2D eigenvalue weighted by Crippen LogP contribution is 2.12. The van der Waals surface area contributed by atoms with E-state index in [2.05, 4.69) is 5.32 Å². The third-order valence-corrected chi connectivity index (χ3v) is 2.84. The SMILES string of the molecule is O=Cc1cccc(NC(=O)Cc2ccc(Cl)cc2)c1. The maximum absolute atomic E-state index is 11.8. The van der Waals surface area contributed by atoms with Gasteiger partial charge in [0.2, 0.25) is 5.91 Å². The number of amides is 1. The van der Waals surface area contributed by atoms with Crippen molar-refractivity contribution in [2.45, 2.75) is 6.42 Å². The predicted molar refractivity (Wildman–Crippen MR) is 75.6 cm³/mol. The first-order valence-electron chi connectivity index (χ1n) is 5.77. The molecule has 0 unspecified atom stereocenters. The maximum Gasteiger partial charge on any atom is 0.228 e. The van der Waals surface area contributed by atoms with Gasteiger partial charge in [-0.2, -0.15) is 0 Å². The minimum atomic E-state index is -0.134. The van der Waals surface area contributed by atoms with Gasteiger partial charge in [-0.25, -0.2) is 0 Å². The second-order valence-corrected chi connectivity index (χ2v) is 4.53. The lowest BCUT2D eigenvalue weighted by atomic mass is 10.1. The highest BCUT2D eigenvalue weighted by molar-refractivity contribution is 6.30. The zero-order valence-corrected chi connectivity index (χ0v) is 10.9. The molecule has 0 saturated carbocycles. The van der Waals surface area contributed by atoms with E-state index in [-0.39, 0.29) is 12.3 Å². The van der Waals surface area contributed by atoms with Crippen LogP contribution >= 0.6 is 11.6 Å². The molecule has 0 bridgehead atoms. The molecule has 2 rings (SSSR count). The molecule has 0 aliphatic heterocycles. The number of hydrogen-bond acceptors (Lipinski definition) is 2. The van der Waals surface area contributed by atoms with Crippen molar-refractivity contribution in [1.29, 1.82) is 0 Å². The van der Waals surface area contributed by atoms with Gasteiger partial charge in [-0.1, -0.05) is 35.9 Å². The highest BCUT2D eigenvalue weighted by atomic mass is 35.5. The van der Waals surface area contributed by atoms with Crippen molar-refractivity contribution >= 4 is 29.5 Å². The third kappa shape index (κ3) is 3.93. The van der Waals surface area contributed by atoms with Gasteiger partial charge in [-0.15, -0.1) is 0 Å². The van der Waals surface area contributed by atoms with Crippen molar-refractivity contribution in [3.63, 3.8) is 0 Å². The summed E-state index contributed by atoms with van der Waals surface area (Å²) in [6.07, 6.45) is 1.01. The standard InChI is InChI=1S/C15H12ClNO2/c16-13-6-4-11(5-7-13)9-15(19)17-14-3-1-2-12(8-14)10-18/h1-8,10H,9H2,(H,17,19). The lowest BCUT2D eigenvalue weighted by Crippen LogP contribution is -2.14. The molecule has 0 aliphatic rings. The van der Waals surface area contributed by atoms with E-state index in [1.807, 2.05) is 12.1 Å². The number of carbonyl (C=O) groups excluding carboxylic acids is 2. The van der Waals surface area contributed by atoms with Crippen LogP contribution in [0.1, 0.15) is 15.9 Å². The topological polar surface area (TPSA) is 46.2 Å². The van der Waals surface area contributed by atoms with Crippen LogP contribution in [0.5, 0.6) is 0 Å². The van der Waals surface area contributed by atoms with E-state index in [1.54, 1.807) is 36.4 Å². The van der Waals surface area contributed by atoms with Crippen molar-refractivity contribution in [2.75, 3.05) is 5.32 Å². The summed E-state index contributed by atoms with van der Waals surface area (Å²) in [7, 11) is 0. The second-order valence-electron chi connectivity index (χ2n) is 4.09. The van der Waals surface area contributed by atoms with Gasteiger partial charge in [0.1, 0.15) is 6.29 Å². The van der Waals surface area contributed by atoms with E-state index in [0.29, 0.717) is 16.3 Å². The van der Waals surface area contributed by atoms with Crippen LogP contribution in [0.3, 0.4) is 0 Å². The summed E-state index contributed by atoms with van der Waals surface area (Å²) in [6, 6.07) is 13.9. The van der Waals surface area contributed by atoms with Crippen molar-refractivity contribution < 1.29 is 9.59 Å². The Balaban J connectivity index is 2.00. The summed E-state index contributed by atoms with van der Waals surface area (Å²) in [4.78, 5) is 22.5. The summed E-state index contributed by atoms with van der Waals surface area (Å²) < 4.78 is 0. The molecule has 2 aromatic rings. The van der Waals surface area contributed by atoms with Crippen LogP contribution in [0.15, 0.2) is 48.5 Å². The zero-order valence-electron chi connectivity index (χ0n) is 10.1. The van der Waals surface area contributed by atoms with Gasteiger partial charge in [-0.05, 0) is 29.8 Å². The van der Waals surface area contributed by atoms with Crippen LogP contribution < -0.4 is 5.32 Å². The number of hydrogen-bond donors (Lipinski definition) is 1. The van der Waals surface area contributed by atoms with Gasteiger partial charge >= 0.3 is 0 Å². The summed E-state index contributed by atoms with van der Waals surface area (Å²) in [5.74, 6) is -0.134. The first kappa shape index (κ1) is 13.3. The average Bonchev–Trinajstić information content (AvgIpc) is 2.41. The maximum atomic E-state index is 11.8. The van der Waals surface area contributed by atoms with Crippen molar-refractivity contribution in [3.8, 4) is 0 Å². The van der Waals surface area contributed by atoms with Gasteiger partial charge in [-0.3, -0.25) is 9.59 Å². The molecular weight excluding hydrogens is 262 g/mol. The normalized spacial score (nSPS) is 9.95. The van der Waals surface area contributed by atoms with Crippen LogP contribution in [0.25, 0.3) is 0 Å². The summed E-state index contributed by atoms with van der Waals surface area (Å²) in [6.45, 7) is 0. The van der Waals surface area contributed by atoms with E-state index in [9.17, 15) is 9.59 Å². The molecule has 96 valence electrons. The number of rotatable bonds is 4. The van der Waals surface area contributed by atoms with E-state index in [4.69, 9.17) is 11.6 Å². The Morgan fingerprint density at radius 2 is 1.89 bits per heavy atom. The molecule has 2 aromatic carbocycles. The molecule has 0 aliphatic carbocycles. The Morgan fingerprint density at radius 3 is 2.58 bits per heavy atom. The van der Waals surface area contributed by atoms with Crippen molar-refractivity contribution in [3.05, 3.63) is 64.7 Å². The first-order valence-corrected chi connectivity index (χ1v) is 6.15. The molecule has 0 radical (unpaired) electrons. The summed E-state index contributed by atoms with van der Waals surface area (Å²) >= 11 is 5.78. The van der Waals surface area contributed by atoms with Crippen LogP contribution in [-0.2, 0) is 11.2 Å². The Kier molecular flexibility index (Phi) is 4.31. The second kappa shape index (κ2) is 6.16. The molecule has 0 heterocycles. The number of aldehydes is 1. The number of nitrogens with one attached hydrogen (secondary N) is 1. The van der Waals surface area contributed by atoms with Crippen LogP contribution in [-0.4, -0.2) is 12.2 Å². The molecule has 0 fully saturated rings. The molecule has 3 nitrogen and oxygen atoms in total. The van der Waals surface area contributed by atoms with Gasteiger partial charge < -0.3 is 5.32 Å². The largest absolute Gasteiger partial charge is 0.326 e. The number of carbonyl (C=O) groups is 2. The quantitative estimate of drug-likeness (QED) is 0.869. The van der Waals surface area contributed by atoms with Gasteiger partial charge in [0.15, 0.2) is 0 Å². The van der Waals surface area contributed by atoms with E-state index in [1.165, 1.54) is 0 Å². The lowest BCUT2D eigenvalue weighted by molar-refractivity contribution is -0.115. The fourth-order valence-electron chi connectivity index (χ4n) is 1.68. The average molecular weight is 274 g/mol. The molecule has 0 spiro atoms. The molecule has 0 aromatic heterocycles. The summed E-state index contributed by atoms with van der Waals surface area (Å²) in [5, 5.41) is 3.39. The van der Waals surface area contributed by atoms with Gasteiger partial charge in [0.05, 0.1) is 6.42 Å². The molecule has 0 atom stereocenters.